The first-order chi connectivity index (χ1) is 14.5. The van der Waals surface area contributed by atoms with Crippen molar-refractivity contribution in [3.05, 3.63) is 12.2 Å². The minimum atomic E-state index is -1.16. The Balaban J connectivity index is 2.06. The van der Waals surface area contributed by atoms with Gasteiger partial charge in [0.25, 0.3) is 0 Å². The number of aliphatic carboxylic acids is 1. The zero-order valence-corrected chi connectivity index (χ0v) is 18.8. The van der Waals surface area contributed by atoms with Gasteiger partial charge in [-0.05, 0) is 38.5 Å². The molecule has 1 rings (SSSR count). The van der Waals surface area contributed by atoms with Gasteiger partial charge in [-0.1, -0.05) is 70.4 Å². The maximum absolute atomic E-state index is 11.5. The molecule has 6 heteroatoms. The Hall–Kier alpha value is -0.950. The number of carboxylic acids is 1. The Kier molecular flexibility index (Phi) is 15.1. The van der Waals surface area contributed by atoms with Gasteiger partial charge >= 0.3 is 5.97 Å². The quantitative estimate of drug-likeness (QED) is 0.192. The molecule has 0 spiro atoms. The molecule has 176 valence electrons. The Morgan fingerprint density at radius 1 is 0.967 bits per heavy atom. The van der Waals surface area contributed by atoms with E-state index in [-0.39, 0.29) is 13.0 Å². The lowest BCUT2D eigenvalue weighted by Gasteiger charge is -2.23. The first kappa shape index (κ1) is 27.1. The largest absolute Gasteiger partial charge is 0.481 e. The fourth-order valence-corrected chi connectivity index (χ4v) is 4.02. The smallest absolute Gasteiger partial charge is 0.306 e. The summed E-state index contributed by atoms with van der Waals surface area (Å²) in [5, 5.41) is 38.9. The normalized spacial score (nSPS) is 23.8. The molecule has 6 nitrogen and oxygen atoms in total. The molecule has 0 aromatic heterocycles. The maximum atomic E-state index is 11.5. The van der Waals surface area contributed by atoms with E-state index in [0.29, 0.717) is 6.42 Å². The molecule has 0 aromatic carbocycles. The summed E-state index contributed by atoms with van der Waals surface area (Å²) < 4.78 is 5.20. The summed E-state index contributed by atoms with van der Waals surface area (Å²) in [5.41, 5.74) is 0. The van der Waals surface area contributed by atoms with Crippen molar-refractivity contribution in [3.8, 4) is 0 Å². The van der Waals surface area contributed by atoms with Gasteiger partial charge in [-0.25, -0.2) is 0 Å². The van der Waals surface area contributed by atoms with Gasteiger partial charge in [0.15, 0.2) is 0 Å². The van der Waals surface area contributed by atoms with Crippen LogP contribution >= 0.6 is 0 Å². The Morgan fingerprint density at radius 2 is 1.53 bits per heavy atom. The van der Waals surface area contributed by atoms with Crippen LogP contribution in [0.5, 0.6) is 0 Å². The van der Waals surface area contributed by atoms with E-state index in [0.717, 1.165) is 32.1 Å². The van der Waals surface area contributed by atoms with E-state index in [4.69, 9.17) is 4.74 Å². The number of carbonyl (C=O) groups is 1. The minimum Gasteiger partial charge on any atom is -0.481 e. The lowest BCUT2D eigenvalue weighted by Crippen LogP contribution is -2.40. The molecule has 0 aliphatic carbocycles. The zero-order valence-electron chi connectivity index (χ0n) is 18.8. The summed E-state index contributed by atoms with van der Waals surface area (Å²) in [5.74, 6) is -1.59. The van der Waals surface area contributed by atoms with E-state index in [9.17, 15) is 25.2 Å². The van der Waals surface area contributed by atoms with Crippen LogP contribution in [0.2, 0.25) is 0 Å². The highest BCUT2D eigenvalue weighted by Gasteiger charge is 2.40. The third-order valence-corrected chi connectivity index (χ3v) is 6.01. The molecule has 0 saturated carbocycles. The molecule has 0 bridgehead atoms. The molecule has 1 aliphatic rings. The van der Waals surface area contributed by atoms with Gasteiger partial charge in [-0.2, -0.15) is 0 Å². The van der Waals surface area contributed by atoms with Gasteiger partial charge in [0.1, 0.15) is 18.3 Å². The Morgan fingerprint density at radius 3 is 2.07 bits per heavy atom. The summed E-state index contributed by atoms with van der Waals surface area (Å²) in [6.45, 7) is 2.21. The molecule has 30 heavy (non-hydrogen) atoms. The topological polar surface area (TPSA) is 107 Å². The van der Waals surface area contributed by atoms with Gasteiger partial charge < -0.3 is 25.2 Å². The number of hydrogen-bond donors (Lipinski definition) is 4. The van der Waals surface area contributed by atoms with E-state index >= 15 is 0 Å². The molecule has 5 atom stereocenters. The second kappa shape index (κ2) is 16.7. The Labute approximate surface area is 182 Å². The van der Waals surface area contributed by atoms with Crippen molar-refractivity contribution in [2.24, 2.45) is 5.92 Å². The first-order valence-corrected chi connectivity index (χ1v) is 12.0. The van der Waals surface area contributed by atoms with Gasteiger partial charge in [-0.3, -0.25) is 4.79 Å². The van der Waals surface area contributed by atoms with Crippen LogP contribution < -0.4 is 0 Å². The highest BCUT2D eigenvalue weighted by atomic mass is 16.5. The highest BCUT2D eigenvalue weighted by Crippen LogP contribution is 2.24. The van der Waals surface area contributed by atoms with Gasteiger partial charge in [0.05, 0.1) is 18.6 Å². The number of aliphatic hydroxyl groups excluding tert-OH is 3. The number of aliphatic hydroxyl groups is 3. The van der Waals surface area contributed by atoms with E-state index < -0.39 is 36.3 Å². The molecular formula is C24H44O6. The van der Waals surface area contributed by atoms with Crippen LogP contribution in [0.25, 0.3) is 0 Å². The summed E-state index contributed by atoms with van der Waals surface area (Å²) in [7, 11) is 0. The molecule has 1 aliphatic heterocycles. The second-order valence-corrected chi connectivity index (χ2v) is 8.71. The standard InChI is InChI=1S/C24H44O6/c1-2-3-4-5-6-7-8-9-10-11-12-13-14-15-16-19(24(28)29)17-20(25)23-22(27)21(26)18-30-23/h9-10,19-23,25-27H,2-8,11-18H2,1H3,(H,28,29). The minimum absolute atomic E-state index is 0.0327. The van der Waals surface area contributed by atoms with Crippen LogP contribution in [0, 0.1) is 5.92 Å². The predicted octanol–water partition coefficient (Wildman–Crippen LogP) is 4.21. The molecular weight excluding hydrogens is 384 g/mol. The Bertz CT molecular complexity index is 467. The number of unbranched alkanes of at least 4 members (excludes halogenated alkanes) is 10. The van der Waals surface area contributed by atoms with Gasteiger partial charge in [-0.15, -0.1) is 0 Å². The predicted molar refractivity (Wildman–Crippen MR) is 118 cm³/mol. The average Bonchev–Trinajstić information content (AvgIpc) is 3.05. The molecule has 1 heterocycles. The van der Waals surface area contributed by atoms with Gasteiger partial charge in [0.2, 0.25) is 0 Å². The van der Waals surface area contributed by atoms with Crippen LogP contribution in [0.3, 0.4) is 0 Å². The van der Waals surface area contributed by atoms with E-state index in [2.05, 4.69) is 19.1 Å². The number of hydrogen-bond acceptors (Lipinski definition) is 5. The molecule has 0 amide bonds. The lowest BCUT2D eigenvalue weighted by molar-refractivity contribution is -0.144. The summed E-state index contributed by atoms with van der Waals surface area (Å²) >= 11 is 0. The van der Waals surface area contributed by atoms with Crippen molar-refractivity contribution in [1.82, 2.24) is 0 Å². The molecule has 4 N–H and O–H groups in total. The van der Waals surface area contributed by atoms with Crippen molar-refractivity contribution in [2.75, 3.05) is 6.61 Å². The molecule has 5 unspecified atom stereocenters. The zero-order chi connectivity index (χ0) is 22.2. The molecule has 0 radical (unpaired) electrons. The second-order valence-electron chi connectivity index (χ2n) is 8.71. The van der Waals surface area contributed by atoms with Crippen molar-refractivity contribution >= 4 is 5.97 Å². The fraction of sp³-hybridized carbons (Fsp3) is 0.875. The third kappa shape index (κ3) is 11.4. The number of allylic oxidation sites excluding steroid dienone is 2. The van der Waals surface area contributed by atoms with Crippen LogP contribution in [0.1, 0.15) is 96.8 Å². The van der Waals surface area contributed by atoms with Crippen molar-refractivity contribution < 1.29 is 30.0 Å². The summed E-state index contributed by atoms with van der Waals surface area (Å²) in [4.78, 5) is 11.5. The van der Waals surface area contributed by atoms with E-state index in [1.54, 1.807) is 0 Å². The monoisotopic (exact) mass is 428 g/mol. The first-order valence-electron chi connectivity index (χ1n) is 12.0. The average molecular weight is 429 g/mol. The van der Waals surface area contributed by atoms with Crippen LogP contribution in [0.15, 0.2) is 12.2 Å². The molecule has 1 saturated heterocycles. The van der Waals surface area contributed by atoms with Crippen LogP contribution in [-0.4, -0.2) is 57.4 Å². The molecule has 0 aromatic rings. The number of rotatable bonds is 18. The van der Waals surface area contributed by atoms with Crippen molar-refractivity contribution in [3.63, 3.8) is 0 Å². The highest BCUT2D eigenvalue weighted by molar-refractivity contribution is 5.69. The van der Waals surface area contributed by atoms with Crippen molar-refractivity contribution in [2.45, 2.75) is 121 Å². The number of ether oxygens (including phenoxy) is 1. The van der Waals surface area contributed by atoms with Crippen LogP contribution in [0.4, 0.5) is 0 Å². The third-order valence-electron chi connectivity index (χ3n) is 6.01. The summed E-state index contributed by atoms with van der Waals surface area (Å²) in [6, 6.07) is 0. The van der Waals surface area contributed by atoms with Crippen molar-refractivity contribution in [1.29, 1.82) is 0 Å². The van der Waals surface area contributed by atoms with Crippen LogP contribution in [-0.2, 0) is 9.53 Å². The maximum Gasteiger partial charge on any atom is 0.306 e. The van der Waals surface area contributed by atoms with E-state index in [1.807, 2.05) is 0 Å². The number of carboxylic acid groups (broad SMARTS) is 1. The lowest BCUT2D eigenvalue weighted by atomic mass is 9.91. The fourth-order valence-electron chi connectivity index (χ4n) is 4.02. The van der Waals surface area contributed by atoms with Gasteiger partial charge in [0, 0.05) is 0 Å². The SMILES string of the molecule is CCCCCCCCC=CCCCCCCC(CC(O)C1OCC(O)C1O)C(=O)O. The molecule has 1 fully saturated rings. The summed E-state index contributed by atoms with van der Waals surface area (Å²) in [6.07, 6.45) is 15.1. The van der Waals surface area contributed by atoms with E-state index in [1.165, 1.54) is 44.9 Å².